The fourth-order valence-electron chi connectivity index (χ4n) is 2.45. The van der Waals surface area contributed by atoms with Gasteiger partial charge in [0.2, 0.25) is 0 Å². The molecule has 20 heavy (non-hydrogen) atoms. The SMILES string of the molecule is CN(Cc1ccccc1)C(=O)c1cc(N)cn1C1CC1. The molecule has 0 aliphatic heterocycles. The van der Waals surface area contributed by atoms with Gasteiger partial charge in [-0.15, -0.1) is 0 Å². The molecule has 3 rings (SSSR count). The number of rotatable bonds is 4. The van der Waals surface area contributed by atoms with Crippen LogP contribution in [0.25, 0.3) is 0 Å². The number of hydrogen-bond acceptors (Lipinski definition) is 2. The first-order valence-corrected chi connectivity index (χ1v) is 6.92. The molecule has 0 atom stereocenters. The Labute approximate surface area is 118 Å². The molecule has 1 aliphatic carbocycles. The summed E-state index contributed by atoms with van der Waals surface area (Å²) < 4.78 is 2.03. The lowest BCUT2D eigenvalue weighted by atomic mass is 10.2. The standard InChI is InChI=1S/C16H19N3O/c1-18(10-12-5-3-2-4-6-12)16(20)15-9-13(17)11-19(15)14-7-8-14/h2-6,9,11,14H,7-8,10,17H2,1H3. The lowest BCUT2D eigenvalue weighted by molar-refractivity contribution is 0.0774. The second kappa shape index (κ2) is 5.04. The highest BCUT2D eigenvalue weighted by molar-refractivity contribution is 5.93. The number of nitrogens with zero attached hydrogens (tertiary/aromatic N) is 2. The van der Waals surface area contributed by atoms with Gasteiger partial charge in [0.25, 0.3) is 5.91 Å². The van der Waals surface area contributed by atoms with Gasteiger partial charge in [-0.05, 0) is 24.5 Å². The topological polar surface area (TPSA) is 51.3 Å². The van der Waals surface area contributed by atoms with Gasteiger partial charge in [0.05, 0.1) is 5.69 Å². The molecule has 0 unspecified atom stereocenters. The molecule has 4 nitrogen and oxygen atoms in total. The zero-order valence-electron chi connectivity index (χ0n) is 11.6. The van der Waals surface area contributed by atoms with Gasteiger partial charge in [0.15, 0.2) is 0 Å². The summed E-state index contributed by atoms with van der Waals surface area (Å²) in [4.78, 5) is 14.3. The maximum Gasteiger partial charge on any atom is 0.270 e. The van der Waals surface area contributed by atoms with Crippen LogP contribution in [0.2, 0.25) is 0 Å². The highest BCUT2D eigenvalue weighted by atomic mass is 16.2. The maximum absolute atomic E-state index is 12.6. The third kappa shape index (κ3) is 2.54. The predicted molar refractivity (Wildman–Crippen MR) is 79.4 cm³/mol. The Morgan fingerprint density at radius 1 is 1.35 bits per heavy atom. The first-order chi connectivity index (χ1) is 9.65. The van der Waals surface area contributed by atoms with E-state index in [0.29, 0.717) is 24.0 Å². The Hall–Kier alpha value is -2.23. The largest absolute Gasteiger partial charge is 0.397 e. The minimum Gasteiger partial charge on any atom is -0.397 e. The summed E-state index contributed by atoms with van der Waals surface area (Å²) in [5.41, 5.74) is 8.33. The first kappa shape index (κ1) is 12.8. The van der Waals surface area contributed by atoms with E-state index in [1.54, 1.807) is 11.0 Å². The lowest BCUT2D eigenvalue weighted by Gasteiger charge is -2.18. The molecule has 0 radical (unpaired) electrons. The summed E-state index contributed by atoms with van der Waals surface area (Å²) in [6.07, 6.45) is 4.15. The van der Waals surface area contributed by atoms with E-state index in [-0.39, 0.29) is 5.91 Å². The van der Waals surface area contributed by atoms with Crippen molar-refractivity contribution in [3.05, 3.63) is 53.9 Å². The summed E-state index contributed by atoms with van der Waals surface area (Å²) in [6, 6.07) is 12.2. The molecule has 1 saturated carbocycles. The van der Waals surface area contributed by atoms with Crippen molar-refractivity contribution < 1.29 is 4.79 Å². The molecule has 4 heteroatoms. The van der Waals surface area contributed by atoms with Crippen molar-refractivity contribution in [3.63, 3.8) is 0 Å². The molecule has 1 aliphatic rings. The molecule has 1 aromatic carbocycles. The van der Waals surface area contributed by atoms with Crippen LogP contribution in [-0.4, -0.2) is 22.4 Å². The summed E-state index contributed by atoms with van der Waals surface area (Å²) in [5, 5.41) is 0. The van der Waals surface area contributed by atoms with Crippen molar-refractivity contribution in [2.45, 2.75) is 25.4 Å². The molecular formula is C16H19N3O. The minimum atomic E-state index is 0.0254. The monoisotopic (exact) mass is 269 g/mol. The summed E-state index contributed by atoms with van der Waals surface area (Å²) in [5.74, 6) is 0.0254. The highest BCUT2D eigenvalue weighted by Gasteiger charge is 2.28. The van der Waals surface area contributed by atoms with E-state index in [0.717, 1.165) is 18.4 Å². The average molecular weight is 269 g/mol. The molecule has 1 amide bonds. The van der Waals surface area contributed by atoms with Gasteiger partial charge < -0.3 is 15.2 Å². The predicted octanol–water partition coefficient (Wildman–Crippen LogP) is 2.68. The van der Waals surface area contributed by atoms with Gasteiger partial charge in [-0.2, -0.15) is 0 Å². The molecule has 104 valence electrons. The van der Waals surface area contributed by atoms with Crippen LogP contribution in [0.5, 0.6) is 0 Å². The van der Waals surface area contributed by atoms with Crippen molar-refractivity contribution >= 4 is 11.6 Å². The zero-order valence-corrected chi connectivity index (χ0v) is 11.6. The Morgan fingerprint density at radius 2 is 2.05 bits per heavy atom. The van der Waals surface area contributed by atoms with Crippen molar-refractivity contribution in [1.82, 2.24) is 9.47 Å². The molecule has 2 N–H and O–H groups in total. The normalized spacial score (nSPS) is 14.2. The molecule has 0 saturated heterocycles. The highest BCUT2D eigenvalue weighted by Crippen LogP contribution is 2.37. The van der Waals surface area contributed by atoms with Gasteiger partial charge in [-0.3, -0.25) is 4.79 Å². The molecule has 2 aromatic rings. The average Bonchev–Trinajstić information content (AvgIpc) is 3.22. The van der Waals surface area contributed by atoms with Crippen molar-refractivity contribution in [1.29, 1.82) is 0 Å². The van der Waals surface area contributed by atoms with Gasteiger partial charge >= 0.3 is 0 Å². The van der Waals surface area contributed by atoms with Crippen molar-refractivity contribution in [2.24, 2.45) is 0 Å². The molecule has 1 aromatic heterocycles. The van der Waals surface area contributed by atoms with Crippen LogP contribution in [-0.2, 0) is 6.54 Å². The smallest absolute Gasteiger partial charge is 0.270 e. The second-order valence-electron chi connectivity index (χ2n) is 5.44. The number of benzene rings is 1. The van der Waals surface area contributed by atoms with Gasteiger partial charge in [0, 0.05) is 25.8 Å². The van der Waals surface area contributed by atoms with E-state index < -0.39 is 0 Å². The minimum absolute atomic E-state index is 0.0254. The number of nitrogens with two attached hydrogens (primary N) is 1. The zero-order chi connectivity index (χ0) is 14.1. The number of aromatic nitrogens is 1. The lowest BCUT2D eigenvalue weighted by Crippen LogP contribution is -2.28. The third-order valence-corrected chi connectivity index (χ3v) is 3.64. The van der Waals surface area contributed by atoms with Crippen LogP contribution in [0, 0.1) is 0 Å². The molecule has 1 heterocycles. The summed E-state index contributed by atoms with van der Waals surface area (Å²) in [6.45, 7) is 0.607. The Kier molecular flexibility index (Phi) is 3.22. The summed E-state index contributed by atoms with van der Waals surface area (Å²) >= 11 is 0. The number of amides is 1. The van der Waals surface area contributed by atoms with Crippen LogP contribution >= 0.6 is 0 Å². The fourth-order valence-corrected chi connectivity index (χ4v) is 2.45. The summed E-state index contributed by atoms with van der Waals surface area (Å²) in [7, 11) is 1.83. The van der Waals surface area contributed by atoms with Gasteiger partial charge in [-0.25, -0.2) is 0 Å². The molecular weight excluding hydrogens is 250 g/mol. The van der Waals surface area contributed by atoms with Crippen LogP contribution in [0.3, 0.4) is 0 Å². The van der Waals surface area contributed by atoms with E-state index in [1.165, 1.54) is 0 Å². The van der Waals surface area contributed by atoms with E-state index in [4.69, 9.17) is 5.73 Å². The first-order valence-electron chi connectivity index (χ1n) is 6.92. The van der Waals surface area contributed by atoms with Crippen molar-refractivity contribution in [3.8, 4) is 0 Å². The van der Waals surface area contributed by atoms with Gasteiger partial charge in [0.1, 0.15) is 5.69 Å². The van der Waals surface area contributed by atoms with Crippen molar-refractivity contribution in [2.75, 3.05) is 12.8 Å². The van der Waals surface area contributed by atoms with E-state index in [2.05, 4.69) is 0 Å². The molecule has 0 spiro atoms. The Morgan fingerprint density at radius 3 is 2.70 bits per heavy atom. The Balaban J connectivity index is 1.78. The second-order valence-corrected chi connectivity index (χ2v) is 5.44. The van der Waals surface area contributed by atoms with E-state index in [1.807, 2.05) is 48.1 Å². The number of hydrogen-bond donors (Lipinski definition) is 1. The molecule has 1 fully saturated rings. The van der Waals surface area contributed by atoms with E-state index in [9.17, 15) is 4.79 Å². The van der Waals surface area contributed by atoms with Crippen LogP contribution in [0.1, 0.15) is 34.9 Å². The molecule has 0 bridgehead atoms. The fraction of sp³-hybridized carbons (Fsp3) is 0.312. The maximum atomic E-state index is 12.6. The van der Waals surface area contributed by atoms with E-state index >= 15 is 0 Å². The number of anilines is 1. The number of nitrogen functional groups attached to an aromatic ring is 1. The van der Waals surface area contributed by atoms with Gasteiger partial charge in [-0.1, -0.05) is 30.3 Å². The quantitative estimate of drug-likeness (QED) is 0.927. The number of carbonyl (C=O) groups is 1. The number of carbonyl (C=O) groups excluding carboxylic acids is 1. The van der Waals surface area contributed by atoms with Crippen LogP contribution in [0.15, 0.2) is 42.6 Å². The van der Waals surface area contributed by atoms with Crippen LogP contribution < -0.4 is 5.73 Å². The third-order valence-electron chi connectivity index (χ3n) is 3.64. The van der Waals surface area contributed by atoms with Crippen LogP contribution in [0.4, 0.5) is 5.69 Å². The Bertz CT molecular complexity index is 614.